The Morgan fingerprint density at radius 3 is 1.13 bits per heavy atom. The Bertz CT molecular complexity index is 480. The van der Waals surface area contributed by atoms with Gasteiger partial charge in [0, 0.05) is 0 Å². The zero-order valence-electron chi connectivity index (χ0n) is 21.2. The molecule has 0 aromatic heterocycles. The third-order valence-corrected chi connectivity index (χ3v) is 15.2. The molecule has 0 N–H and O–H groups in total. The molecule has 184 valence electrons. The van der Waals surface area contributed by atoms with E-state index in [1.54, 1.807) is 0 Å². The van der Waals surface area contributed by atoms with E-state index in [2.05, 4.69) is 27.7 Å². The molecule has 0 fully saturated rings. The summed E-state index contributed by atoms with van der Waals surface area (Å²) in [6, 6.07) is 0. The SMILES string of the molecule is CCCCCCCCCCCCP(CCCC)(CCCC)(CCCC)OS(C)(=O)=O. The van der Waals surface area contributed by atoms with Gasteiger partial charge in [-0.25, -0.2) is 0 Å². The third-order valence-electron chi connectivity index (χ3n) is 6.66. The monoisotopic (exact) mass is 466 g/mol. The number of hydrogen-bond donors (Lipinski definition) is 0. The Labute approximate surface area is 190 Å². The van der Waals surface area contributed by atoms with E-state index in [0.717, 1.165) is 69.6 Å². The molecule has 0 amide bonds. The molecule has 0 unspecified atom stereocenters. The van der Waals surface area contributed by atoms with Crippen molar-refractivity contribution in [2.75, 3.05) is 30.9 Å². The van der Waals surface area contributed by atoms with E-state index in [0.29, 0.717) is 0 Å². The first-order chi connectivity index (χ1) is 14.3. The van der Waals surface area contributed by atoms with Crippen LogP contribution in [0.15, 0.2) is 0 Å². The summed E-state index contributed by atoms with van der Waals surface area (Å²) in [5, 5.41) is 0. The molecule has 0 radical (unpaired) electrons. The molecule has 0 aromatic rings. The summed E-state index contributed by atoms with van der Waals surface area (Å²) in [6.45, 7) is 6.19. The molecular weight excluding hydrogens is 411 g/mol. The zero-order valence-corrected chi connectivity index (χ0v) is 22.9. The summed E-state index contributed by atoms with van der Waals surface area (Å²) in [5.74, 6) is 0. The molecule has 5 heteroatoms. The first kappa shape index (κ1) is 30.3. The zero-order chi connectivity index (χ0) is 22.8. The molecule has 0 saturated heterocycles. The van der Waals surface area contributed by atoms with Gasteiger partial charge in [-0.3, -0.25) is 0 Å². The molecule has 0 rings (SSSR count). The van der Waals surface area contributed by atoms with Gasteiger partial charge in [0.2, 0.25) is 0 Å². The van der Waals surface area contributed by atoms with Crippen molar-refractivity contribution in [2.24, 2.45) is 0 Å². The molecule has 0 atom stereocenters. The van der Waals surface area contributed by atoms with Crippen LogP contribution in [0.4, 0.5) is 0 Å². The summed E-state index contributed by atoms with van der Waals surface area (Å²) in [7, 11) is -3.44. The van der Waals surface area contributed by atoms with Gasteiger partial charge in [-0.15, -0.1) is 0 Å². The van der Waals surface area contributed by atoms with Crippen LogP contribution < -0.4 is 0 Å². The van der Waals surface area contributed by atoms with Gasteiger partial charge in [0.05, 0.1) is 0 Å². The fourth-order valence-corrected chi connectivity index (χ4v) is 14.8. The maximum absolute atomic E-state index is 12.4. The molecular formula is C25H55O3PS. The van der Waals surface area contributed by atoms with Crippen LogP contribution in [0.2, 0.25) is 0 Å². The van der Waals surface area contributed by atoms with Crippen molar-refractivity contribution < 1.29 is 12.4 Å². The van der Waals surface area contributed by atoms with Crippen molar-refractivity contribution in [3.63, 3.8) is 0 Å². The number of unbranched alkanes of at least 4 members (excludes halogenated alkanes) is 12. The van der Waals surface area contributed by atoms with Crippen LogP contribution in [0.3, 0.4) is 0 Å². The van der Waals surface area contributed by atoms with Gasteiger partial charge in [0.15, 0.2) is 0 Å². The second-order valence-corrected chi connectivity index (χ2v) is 17.3. The fraction of sp³-hybridized carbons (Fsp3) is 1.00. The van der Waals surface area contributed by atoms with Gasteiger partial charge < -0.3 is 0 Å². The first-order valence-corrected chi connectivity index (χ1v) is 17.9. The Morgan fingerprint density at radius 1 is 0.500 bits per heavy atom. The van der Waals surface area contributed by atoms with Crippen molar-refractivity contribution in [1.29, 1.82) is 0 Å². The van der Waals surface area contributed by atoms with Gasteiger partial charge >= 0.3 is 191 Å². The van der Waals surface area contributed by atoms with Crippen LogP contribution in [-0.4, -0.2) is 39.3 Å². The fourth-order valence-electron chi connectivity index (χ4n) is 4.88. The van der Waals surface area contributed by atoms with E-state index in [1.165, 1.54) is 64.0 Å². The second kappa shape index (κ2) is 16.9. The molecule has 0 saturated carbocycles. The molecule has 0 heterocycles. The standard InChI is InChI=1S/C25H55O3PS/c1-6-10-14-15-16-17-18-19-20-21-25-29(22-11-7-2,23-12-8-3,24-13-9-4)28-30(5,26)27/h6-25H2,1-5H3. The summed E-state index contributed by atoms with van der Waals surface area (Å²) in [5.41, 5.74) is 0. The average molecular weight is 467 g/mol. The Kier molecular flexibility index (Phi) is 17.1. The maximum atomic E-state index is 12.4. The molecule has 0 spiro atoms. The molecule has 0 aliphatic rings. The quantitative estimate of drug-likeness (QED) is 0.118. The molecule has 30 heavy (non-hydrogen) atoms. The Balaban J connectivity index is 5.02. The van der Waals surface area contributed by atoms with Gasteiger partial charge in [0.1, 0.15) is 0 Å². The topological polar surface area (TPSA) is 43.4 Å². The van der Waals surface area contributed by atoms with Crippen LogP contribution in [-0.2, 0) is 14.1 Å². The third kappa shape index (κ3) is 13.7. The summed E-state index contributed by atoms with van der Waals surface area (Å²) >= 11 is 0. The van der Waals surface area contributed by atoms with E-state index in [1.807, 2.05) is 0 Å². The van der Waals surface area contributed by atoms with E-state index < -0.39 is 16.9 Å². The van der Waals surface area contributed by atoms with Crippen molar-refractivity contribution in [3.05, 3.63) is 0 Å². The van der Waals surface area contributed by atoms with Crippen molar-refractivity contribution >= 4 is 16.9 Å². The minimum atomic E-state index is -3.44. The van der Waals surface area contributed by atoms with Crippen molar-refractivity contribution in [3.8, 4) is 0 Å². The first-order valence-electron chi connectivity index (χ1n) is 13.2. The molecule has 3 nitrogen and oxygen atoms in total. The summed E-state index contributed by atoms with van der Waals surface area (Å²) in [4.78, 5) is 0. The van der Waals surface area contributed by atoms with Crippen LogP contribution in [0.25, 0.3) is 0 Å². The van der Waals surface area contributed by atoms with Gasteiger partial charge in [-0.1, -0.05) is 0 Å². The summed E-state index contributed by atoms with van der Waals surface area (Å²) in [6.07, 6.45) is 25.1. The van der Waals surface area contributed by atoms with Gasteiger partial charge in [-0.05, 0) is 0 Å². The minimum absolute atomic E-state index is 1.01. The van der Waals surface area contributed by atoms with Crippen molar-refractivity contribution in [2.45, 2.75) is 130 Å². The van der Waals surface area contributed by atoms with E-state index in [-0.39, 0.29) is 0 Å². The van der Waals surface area contributed by atoms with E-state index in [4.69, 9.17) is 3.97 Å². The number of rotatable bonds is 22. The summed E-state index contributed by atoms with van der Waals surface area (Å²) < 4.78 is 31.2. The van der Waals surface area contributed by atoms with Gasteiger partial charge in [-0.2, -0.15) is 0 Å². The Hall–Kier alpha value is 0.340. The Morgan fingerprint density at radius 2 is 0.800 bits per heavy atom. The predicted octanol–water partition coefficient (Wildman–Crippen LogP) is 8.75. The van der Waals surface area contributed by atoms with Crippen LogP contribution in [0, 0.1) is 0 Å². The van der Waals surface area contributed by atoms with E-state index in [9.17, 15) is 8.42 Å². The normalized spacial score (nSPS) is 14.0. The van der Waals surface area contributed by atoms with Crippen LogP contribution >= 0.6 is 6.83 Å². The number of hydrogen-bond acceptors (Lipinski definition) is 3. The molecule has 0 aliphatic carbocycles. The molecule has 0 aliphatic heterocycles. The van der Waals surface area contributed by atoms with Crippen LogP contribution in [0.5, 0.6) is 0 Å². The molecule has 0 aromatic carbocycles. The van der Waals surface area contributed by atoms with E-state index >= 15 is 0 Å². The predicted molar refractivity (Wildman–Crippen MR) is 139 cm³/mol. The second-order valence-electron chi connectivity index (χ2n) is 9.77. The van der Waals surface area contributed by atoms with Gasteiger partial charge in [0.25, 0.3) is 0 Å². The average Bonchev–Trinajstić information content (AvgIpc) is 2.70. The molecule has 0 bridgehead atoms. The van der Waals surface area contributed by atoms with Crippen molar-refractivity contribution in [1.82, 2.24) is 0 Å². The van der Waals surface area contributed by atoms with Crippen LogP contribution in [0.1, 0.15) is 130 Å².